The van der Waals surface area contributed by atoms with Crippen LogP contribution in [0.3, 0.4) is 0 Å². The highest BCUT2D eigenvalue weighted by atomic mass is 16.5. The van der Waals surface area contributed by atoms with Gasteiger partial charge < -0.3 is 10.1 Å². The number of ether oxygens (including phenoxy) is 1. The summed E-state index contributed by atoms with van der Waals surface area (Å²) in [5.74, 6) is 0.628. The molecule has 5 nitrogen and oxygen atoms in total. The molecule has 1 N–H and O–H groups in total. The molecule has 0 radical (unpaired) electrons. The minimum atomic E-state index is -0.403. The average Bonchev–Trinajstić information content (AvgIpc) is 2.74. The molecule has 1 heterocycles. The lowest BCUT2D eigenvalue weighted by Crippen LogP contribution is -2.38. The fourth-order valence-corrected chi connectivity index (χ4v) is 2.45. The van der Waals surface area contributed by atoms with Crippen LogP contribution in [0.1, 0.15) is 32.3 Å². The number of imide groups is 1. The van der Waals surface area contributed by atoms with E-state index in [9.17, 15) is 9.59 Å². The lowest BCUT2D eigenvalue weighted by molar-refractivity contribution is -0.138. The highest BCUT2D eigenvalue weighted by molar-refractivity contribution is 6.05. The number of nitrogens with one attached hydrogen (secondary N) is 1. The Morgan fingerprint density at radius 3 is 2.86 bits per heavy atom. The maximum absolute atomic E-state index is 12.1. The topological polar surface area (TPSA) is 58.6 Å². The molecule has 0 spiro atoms. The van der Waals surface area contributed by atoms with Crippen molar-refractivity contribution in [2.75, 3.05) is 13.2 Å². The van der Waals surface area contributed by atoms with Gasteiger partial charge in [0.25, 0.3) is 0 Å². The van der Waals surface area contributed by atoms with Crippen LogP contribution in [0.4, 0.5) is 0 Å². The standard InChI is InChI=1S/C16H22N2O3/c1-3-8-18-15(19)10-14(16(18)20)17-11-12-6-5-7-13(9-12)21-4-2/h5-7,9,14,17H,3-4,8,10-11H2,1-2H3. The summed E-state index contributed by atoms with van der Waals surface area (Å²) in [6.07, 6.45) is 1.05. The zero-order valence-corrected chi connectivity index (χ0v) is 12.6. The van der Waals surface area contributed by atoms with Gasteiger partial charge in [0.05, 0.1) is 19.1 Å². The van der Waals surface area contributed by atoms with E-state index in [2.05, 4.69) is 5.32 Å². The molecule has 1 aromatic rings. The second-order valence-corrected chi connectivity index (χ2v) is 5.10. The highest BCUT2D eigenvalue weighted by Gasteiger charge is 2.37. The van der Waals surface area contributed by atoms with Crippen LogP contribution in [0.5, 0.6) is 5.75 Å². The Bertz CT molecular complexity index is 516. The van der Waals surface area contributed by atoms with Gasteiger partial charge in [0.2, 0.25) is 11.8 Å². The van der Waals surface area contributed by atoms with Crippen LogP contribution in [0.15, 0.2) is 24.3 Å². The van der Waals surface area contributed by atoms with Gasteiger partial charge >= 0.3 is 0 Å². The second-order valence-electron chi connectivity index (χ2n) is 5.10. The molecular formula is C16H22N2O3. The molecule has 114 valence electrons. The van der Waals surface area contributed by atoms with E-state index in [1.807, 2.05) is 38.1 Å². The van der Waals surface area contributed by atoms with Crippen molar-refractivity contribution in [3.63, 3.8) is 0 Å². The fourth-order valence-electron chi connectivity index (χ4n) is 2.45. The van der Waals surface area contributed by atoms with Gasteiger partial charge in [-0.05, 0) is 31.0 Å². The van der Waals surface area contributed by atoms with Crippen molar-refractivity contribution in [1.29, 1.82) is 0 Å². The van der Waals surface area contributed by atoms with Crippen LogP contribution in [0.2, 0.25) is 0 Å². The van der Waals surface area contributed by atoms with Gasteiger partial charge in [0, 0.05) is 13.1 Å². The van der Waals surface area contributed by atoms with Crippen molar-refractivity contribution in [3.8, 4) is 5.75 Å². The van der Waals surface area contributed by atoms with E-state index in [0.717, 1.165) is 17.7 Å². The van der Waals surface area contributed by atoms with Crippen molar-refractivity contribution in [3.05, 3.63) is 29.8 Å². The molecule has 1 aliphatic rings. The van der Waals surface area contributed by atoms with Crippen LogP contribution in [-0.4, -0.2) is 35.9 Å². The number of likely N-dealkylation sites (tertiary alicyclic amines) is 1. The molecular weight excluding hydrogens is 268 g/mol. The summed E-state index contributed by atoms with van der Waals surface area (Å²) in [5, 5.41) is 3.17. The van der Waals surface area contributed by atoms with Crippen LogP contribution in [0.25, 0.3) is 0 Å². The third kappa shape index (κ3) is 3.82. The van der Waals surface area contributed by atoms with E-state index >= 15 is 0 Å². The molecule has 1 unspecified atom stereocenters. The summed E-state index contributed by atoms with van der Waals surface area (Å²) >= 11 is 0. The number of rotatable bonds is 7. The Hall–Kier alpha value is -1.88. The molecule has 1 atom stereocenters. The Labute approximate surface area is 125 Å². The quantitative estimate of drug-likeness (QED) is 0.777. The summed E-state index contributed by atoms with van der Waals surface area (Å²) in [6, 6.07) is 7.34. The van der Waals surface area contributed by atoms with E-state index in [1.54, 1.807) is 0 Å². The first-order valence-corrected chi connectivity index (χ1v) is 7.45. The van der Waals surface area contributed by atoms with Crippen molar-refractivity contribution < 1.29 is 14.3 Å². The molecule has 1 aromatic carbocycles. The molecule has 1 fully saturated rings. The highest BCUT2D eigenvalue weighted by Crippen LogP contribution is 2.16. The largest absolute Gasteiger partial charge is 0.494 e. The van der Waals surface area contributed by atoms with E-state index in [-0.39, 0.29) is 18.2 Å². The molecule has 0 bridgehead atoms. The SMILES string of the molecule is CCCN1C(=O)CC(NCc2cccc(OCC)c2)C1=O. The van der Waals surface area contributed by atoms with Crippen molar-refractivity contribution in [1.82, 2.24) is 10.2 Å². The molecule has 2 amide bonds. The Morgan fingerprint density at radius 2 is 2.14 bits per heavy atom. The van der Waals surface area contributed by atoms with Crippen LogP contribution in [-0.2, 0) is 16.1 Å². The fraction of sp³-hybridized carbons (Fsp3) is 0.500. The van der Waals surface area contributed by atoms with Gasteiger partial charge in [-0.25, -0.2) is 0 Å². The predicted octanol–water partition coefficient (Wildman–Crippen LogP) is 1.71. The van der Waals surface area contributed by atoms with Crippen LogP contribution >= 0.6 is 0 Å². The predicted molar refractivity (Wildman–Crippen MR) is 79.9 cm³/mol. The van der Waals surface area contributed by atoms with Gasteiger partial charge in [-0.15, -0.1) is 0 Å². The summed E-state index contributed by atoms with van der Waals surface area (Å²) in [7, 11) is 0. The molecule has 1 saturated heterocycles. The minimum Gasteiger partial charge on any atom is -0.494 e. The molecule has 0 aromatic heterocycles. The number of hydrogen-bond acceptors (Lipinski definition) is 4. The third-order valence-corrected chi connectivity index (χ3v) is 3.45. The number of carbonyl (C=O) groups excluding carboxylic acids is 2. The van der Waals surface area contributed by atoms with E-state index in [4.69, 9.17) is 4.74 Å². The van der Waals surface area contributed by atoms with Crippen LogP contribution in [0, 0.1) is 0 Å². The normalized spacial score (nSPS) is 18.4. The Balaban J connectivity index is 1.93. The molecule has 0 saturated carbocycles. The van der Waals surface area contributed by atoms with E-state index in [1.165, 1.54) is 4.90 Å². The number of carbonyl (C=O) groups is 2. The first-order valence-electron chi connectivity index (χ1n) is 7.45. The smallest absolute Gasteiger partial charge is 0.246 e. The van der Waals surface area contributed by atoms with Gasteiger partial charge in [0.15, 0.2) is 0 Å². The first kappa shape index (κ1) is 15.5. The maximum Gasteiger partial charge on any atom is 0.246 e. The third-order valence-electron chi connectivity index (χ3n) is 3.45. The summed E-state index contributed by atoms with van der Waals surface area (Å²) in [6.45, 7) is 5.58. The number of nitrogens with zero attached hydrogens (tertiary/aromatic N) is 1. The summed E-state index contributed by atoms with van der Waals surface area (Å²) in [4.78, 5) is 25.3. The molecule has 0 aliphatic carbocycles. The zero-order valence-electron chi connectivity index (χ0n) is 12.6. The number of amides is 2. The average molecular weight is 290 g/mol. The molecule has 1 aliphatic heterocycles. The summed E-state index contributed by atoms with van der Waals surface area (Å²) < 4.78 is 5.45. The van der Waals surface area contributed by atoms with Gasteiger partial charge in [-0.1, -0.05) is 19.1 Å². The second kappa shape index (κ2) is 7.22. The van der Waals surface area contributed by atoms with Gasteiger partial charge in [-0.3, -0.25) is 14.5 Å². The molecule has 5 heteroatoms. The first-order chi connectivity index (χ1) is 10.2. The molecule has 2 rings (SSSR count). The Morgan fingerprint density at radius 1 is 1.33 bits per heavy atom. The monoisotopic (exact) mass is 290 g/mol. The molecule has 21 heavy (non-hydrogen) atoms. The minimum absolute atomic E-state index is 0.0811. The lowest BCUT2D eigenvalue weighted by Gasteiger charge is -2.14. The van der Waals surface area contributed by atoms with E-state index in [0.29, 0.717) is 19.7 Å². The van der Waals surface area contributed by atoms with Gasteiger partial charge in [-0.2, -0.15) is 0 Å². The van der Waals surface area contributed by atoms with E-state index < -0.39 is 6.04 Å². The van der Waals surface area contributed by atoms with Crippen molar-refractivity contribution >= 4 is 11.8 Å². The van der Waals surface area contributed by atoms with Crippen molar-refractivity contribution in [2.45, 2.75) is 39.3 Å². The van der Waals surface area contributed by atoms with Gasteiger partial charge in [0.1, 0.15) is 5.75 Å². The zero-order chi connectivity index (χ0) is 15.2. The summed E-state index contributed by atoms with van der Waals surface area (Å²) in [5.41, 5.74) is 1.04. The number of benzene rings is 1. The maximum atomic E-state index is 12.1. The lowest BCUT2D eigenvalue weighted by atomic mass is 10.2. The van der Waals surface area contributed by atoms with Crippen molar-refractivity contribution in [2.24, 2.45) is 0 Å². The van der Waals surface area contributed by atoms with Crippen LogP contribution < -0.4 is 10.1 Å². The Kier molecular flexibility index (Phi) is 5.33. The number of hydrogen-bond donors (Lipinski definition) is 1.